The van der Waals surface area contributed by atoms with Crippen molar-refractivity contribution in [3.05, 3.63) is 70.8 Å². The lowest BCUT2D eigenvalue weighted by Gasteiger charge is -2.43. The van der Waals surface area contributed by atoms with Gasteiger partial charge in [-0.2, -0.15) is 5.26 Å². The summed E-state index contributed by atoms with van der Waals surface area (Å²) in [7, 11) is 0. The van der Waals surface area contributed by atoms with Crippen LogP contribution in [0.1, 0.15) is 57.2 Å². The van der Waals surface area contributed by atoms with E-state index < -0.39 is 41.3 Å². The van der Waals surface area contributed by atoms with Gasteiger partial charge in [0.05, 0.1) is 37.1 Å². The van der Waals surface area contributed by atoms with Gasteiger partial charge < -0.3 is 24.3 Å². The fourth-order valence-corrected chi connectivity index (χ4v) is 4.97. The summed E-state index contributed by atoms with van der Waals surface area (Å²) in [5.74, 6) is -2.41. The van der Waals surface area contributed by atoms with Gasteiger partial charge in [-0.1, -0.05) is 38.1 Å². The lowest BCUT2D eigenvalue weighted by Crippen LogP contribution is -2.60. The van der Waals surface area contributed by atoms with Crippen LogP contribution in [0.5, 0.6) is 0 Å². The third-order valence-corrected chi connectivity index (χ3v) is 6.84. The number of amides is 1. The maximum Gasteiger partial charge on any atom is 0.252 e. The predicted octanol–water partition coefficient (Wildman–Crippen LogP) is 4.76. The minimum absolute atomic E-state index is 0.0276. The zero-order chi connectivity index (χ0) is 27.5. The van der Waals surface area contributed by atoms with E-state index in [1.165, 1.54) is 12.1 Å². The van der Waals surface area contributed by atoms with Crippen LogP contribution in [0.2, 0.25) is 0 Å². The summed E-state index contributed by atoms with van der Waals surface area (Å²) in [6.07, 6.45) is -1.40. The standard InChI is InChI=1S/C29H34F2N2O5/c1-18(2)15-33-27(34)29(36-17-20-8-6-5-7-19(20)14-32)12-24(26-25(13-29)37-28(3,4)38-26)35-16-21-9-10-22(30)11-23(21)31/h5-11,18,24-26H,12-13,15-17H2,1-4H3,(H,33,34)/t24-,25+,26-,29+/m0/s1. The third kappa shape index (κ3) is 6.38. The van der Waals surface area contributed by atoms with Crippen molar-refractivity contribution in [1.29, 1.82) is 5.26 Å². The first kappa shape index (κ1) is 28.1. The molecule has 2 aromatic carbocycles. The topological polar surface area (TPSA) is 89.8 Å². The van der Waals surface area contributed by atoms with E-state index in [-0.39, 0.29) is 43.4 Å². The molecule has 1 aliphatic heterocycles. The Bertz CT molecular complexity index is 1200. The zero-order valence-corrected chi connectivity index (χ0v) is 22.1. The summed E-state index contributed by atoms with van der Waals surface area (Å²) in [5, 5.41) is 12.5. The minimum Gasteiger partial charge on any atom is -0.370 e. The van der Waals surface area contributed by atoms with Crippen LogP contribution in [-0.2, 0) is 37.0 Å². The number of nitriles is 1. The van der Waals surface area contributed by atoms with Gasteiger partial charge in [-0.25, -0.2) is 8.78 Å². The number of carbonyl (C=O) groups excluding carboxylic acids is 1. The molecule has 1 heterocycles. The molecule has 38 heavy (non-hydrogen) atoms. The van der Waals surface area contributed by atoms with E-state index in [1.807, 2.05) is 19.9 Å². The van der Waals surface area contributed by atoms with Crippen molar-refractivity contribution in [2.75, 3.05) is 6.54 Å². The number of fused-ring (bicyclic) bond motifs is 1. The fraction of sp³-hybridized carbons (Fsp3) is 0.517. The number of benzene rings is 2. The van der Waals surface area contributed by atoms with Crippen LogP contribution in [0.15, 0.2) is 42.5 Å². The maximum atomic E-state index is 14.3. The number of nitrogens with zero attached hydrogens (tertiary/aromatic N) is 1. The largest absolute Gasteiger partial charge is 0.370 e. The number of ether oxygens (including phenoxy) is 4. The first-order valence-corrected chi connectivity index (χ1v) is 12.8. The Balaban J connectivity index is 1.63. The number of rotatable bonds is 9. The van der Waals surface area contributed by atoms with Crippen LogP contribution in [-0.4, -0.2) is 42.2 Å². The Morgan fingerprint density at radius 2 is 1.89 bits per heavy atom. The monoisotopic (exact) mass is 528 g/mol. The van der Waals surface area contributed by atoms with Crippen molar-refractivity contribution in [1.82, 2.24) is 5.32 Å². The first-order chi connectivity index (χ1) is 18.0. The van der Waals surface area contributed by atoms with Crippen LogP contribution in [0.25, 0.3) is 0 Å². The molecule has 0 spiro atoms. The Kier molecular flexibility index (Phi) is 8.48. The van der Waals surface area contributed by atoms with E-state index in [9.17, 15) is 18.8 Å². The molecule has 1 amide bonds. The molecular formula is C29H34F2N2O5. The predicted molar refractivity (Wildman–Crippen MR) is 135 cm³/mol. The highest BCUT2D eigenvalue weighted by Gasteiger charge is 2.58. The molecule has 0 unspecified atom stereocenters. The molecule has 2 aromatic rings. The number of nitrogens with one attached hydrogen (secondary N) is 1. The van der Waals surface area contributed by atoms with Crippen molar-refractivity contribution >= 4 is 5.91 Å². The van der Waals surface area contributed by atoms with E-state index >= 15 is 0 Å². The summed E-state index contributed by atoms with van der Waals surface area (Å²) in [4.78, 5) is 13.7. The van der Waals surface area contributed by atoms with Crippen molar-refractivity contribution in [2.24, 2.45) is 5.92 Å². The summed E-state index contributed by atoms with van der Waals surface area (Å²) in [6.45, 7) is 7.88. The minimum atomic E-state index is -1.35. The van der Waals surface area contributed by atoms with E-state index in [0.717, 1.165) is 6.07 Å². The Morgan fingerprint density at radius 3 is 2.61 bits per heavy atom. The van der Waals surface area contributed by atoms with Gasteiger partial charge in [-0.05, 0) is 37.5 Å². The third-order valence-electron chi connectivity index (χ3n) is 6.84. The van der Waals surface area contributed by atoms with Gasteiger partial charge in [0.25, 0.3) is 5.91 Å². The summed E-state index contributed by atoms with van der Waals surface area (Å²) in [5.41, 5.74) is -0.0533. The van der Waals surface area contributed by atoms with Crippen molar-refractivity contribution in [2.45, 2.75) is 83.5 Å². The van der Waals surface area contributed by atoms with Gasteiger partial charge in [0.2, 0.25) is 0 Å². The van der Waals surface area contributed by atoms with Crippen LogP contribution in [0.4, 0.5) is 8.78 Å². The van der Waals surface area contributed by atoms with Gasteiger partial charge in [0.15, 0.2) is 11.4 Å². The lowest BCUT2D eigenvalue weighted by atomic mass is 9.78. The van der Waals surface area contributed by atoms with E-state index in [0.29, 0.717) is 17.7 Å². The second-order valence-electron chi connectivity index (χ2n) is 10.8. The highest BCUT2D eigenvalue weighted by molar-refractivity contribution is 5.85. The summed E-state index contributed by atoms with van der Waals surface area (Å²) >= 11 is 0. The second-order valence-corrected chi connectivity index (χ2v) is 10.8. The fourth-order valence-electron chi connectivity index (χ4n) is 4.97. The number of hydrogen-bond donors (Lipinski definition) is 1. The SMILES string of the molecule is CC(C)CNC(=O)[C@@]1(OCc2ccccc2C#N)C[C@H](OCc2ccc(F)cc2F)[C@@H]2OC(C)(C)O[C@@H]2C1. The molecule has 4 rings (SSSR count). The van der Waals surface area contributed by atoms with Crippen LogP contribution >= 0.6 is 0 Å². The average molecular weight is 529 g/mol. The van der Waals surface area contributed by atoms with E-state index in [2.05, 4.69) is 11.4 Å². The Morgan fingerprint density at radius 1 is 1.13 bits per heavy atom. The number of carbonyl (C=O) groups is 1. The van der Waals surface area contributed by atoms with E-state index in [1.54, 1.807) is 32.0 Å². The molecule has 1 saturated heterocycles. The molecule has 4 atom stereocenters. The number of halogens is 2. The number of hydrogen-bond acceptors (Lipinski definition) is 6. The first-order valence-electron chi connectivity index (χ1n) is 12.8. The Hall–Kier alpha value is -2.90. The molecule has 1 N–H and O–H groups in total. The van der Waals surface area contributed by atoms with Crippen molar-refractivity contribution in [3.63, 3.8) is 0 Å². The molecule has 0 bridgehead atoms. The quantitative estimate of drug-likeness (QED) is 0.505. The molecule has 7 nitrogen and oxygen atoms in total. The van der Waals surface area contributed by atoms with Gasteiger partial charge in [0, 0.05) is 31.0 Å². The molecule has 9 heteroatoms. The normalized spacial score (nSPS) is 26.1. The molecule has 2 aliphatic rings. The molecular weight excluding hydrogens is 494 g/mol. The summed E-state index contributed by atoms with van der Waals surface area (Å²) in [6, 6.07) is 12.5. The van der Waals surface area contributed by atoms with Crippen molar-refractivity contribution < 1.29 is 32.5 Å². The smallest absolute Gasteiger partial charge is 0.252 e. The van der Waals surface area contributed by atoms with Crippen molar-refractivity contribution in [3.8, 4) is 6.07 Å². The lowest BCUT2D eigenvalue weighted by molar-refractivity contribution is -0.183. The van der Waals surface area contributed by atoms with Gasteiger partial charge >= 0.3 is 0 Å². The van der Waals surface area contributed by atoms with Crippen LogP contribution in [0, 0.1) is 28.9 Å². The average Bonchev–Trinajstić information content (AvgIpc) is 3.19. The molecule has 1 aliphatic carbocycles. The van der Waals surface area contributed by atoms with Crippen LogP contribution < -0.4 is 5.32 Å². The molecule has 0 aromatic heterocycles. The van der Waals surface area contributed by atoms with Gasteiger partial charge in [-0.3, -0.25) is 4.79 Å². The second kappa shape index (κ2) is 11.5. The maximum absolute atomic E-state index is 14.3. The zero-order valence-electron chi connectivity index (χ0n) is 22.1. The molecule has 2 fully saturated rings. The highest BCUT2D eigenvalue weighted by Crippen LogP contribution is 2.44. The molecule has 204 valence electrons. The Labute approximate surface area is 222 Å². The summed E-state index contributed by atoms with van der Waals surface area (Å²) < 4.78 is 52.6. The van der Waals surface area contributed by atoms with Crippen LogP contribution in [0.3, 0.4) is 0 Å². The van der Waals surface area contributed by atoms with Gasteiger partial charge in [0.1, 0.15) is 17.7 Å². The van der Waals surface area contributed by atoms with E-state index in [4.69, 9.17) is 18.9 Å². The molecule has 0 radical (unpaired) electrons. The molecule has 1 saturated carbocycles. The highest BCUT2D eigenvalue weighted by atomic mass is 19.1. The van der Waals surface area contributed by atoms with Gasteiger partial charge in [-0.15, -0.1) is 0 Å².